The van der Waals surface area contributed by atoms with Crippen LogP contribution in [0.3, 0.4) is 0 Å². The summed E-state index contributed by atoms with van der Waals surface area (Å²) in [6.07, 6.45) is 2.40. The molecule has 3 rings (SSSR count). The van der Waals surface area contributed by atoms with Crippen LogP contribution < -0.4 is 9.46 Å². The Bertz CT molecular complexity index is 1110. The second-order valence-electron chi connectivity index (χ2n) is 6.89. The third kappa shape index (κ3) is 6.58. The van der Waals surface area contributed by atoms with Crippen LogP contribution in [0.1, 0.15) is 23.6 Å². The van der Waals surface area contributed by atoms with Crippen molar-refractivity contribution in [2.45, 2.75) is 25.2 Å². The molecule has 0 saturated carbocycles. The number of rotatable bonds is 10. The number of aryl methyl sites for hydroxylation is 1. The standard InChI is InChI=1S/C24H26N2O4S/c1-3-30-25-18-21-12-10-20(11-13-21)15-16-29-22-14-9-19(2)24(17-22)26-31(27,28)23-7-5-4-6-8-23/h4-14,17-18,26H,3,15-16H2,1-2H3. The maximum atomic E-state index is 12.6. The summed E-state index contributed by atoms with van der Waals surface area (Å²) in [5.74, 6) is 0.608. The Balaban J connectivity index is 1.59. The molecule has 0 aliphatic rings. The Morgan fingerprint density at radius 1 is 1.00 bits per heavy atom. The van der Waals surface area contributed by atoms with Crippen molar-refractivity contribution >= 4 is 21.9 Å². The zero-order valence-electron chi connectivity index (χ0n) is 17.6. The van der Waals surface area contributed by atoms with E-state index in [9.17, 15) is 8.42 Å². The summed E-state index contributed by atoms with van der Waals surface area (Å²) in [7, 11) is -3.65. The number of sulfonamides is 1. The maximum Gasteiger partial charge on any atom is 0.261 e. The van der Waals surface area contributed by atoms with Gasteiger partial charge in [0, 0.05) is 12.5 Å². The van der Waals surface area contributed by atoms with Gasteiger partial charge < -0.3 is 9.57 Å². The van der Waals surface area contributed by atoms with Crippen molar-refractivity contribution in [2.75, 3.05) is 17.9 Å². The van der Waals surface area contributed by atoms with Crippen molar-refractivity contribution in [2.24, 2.45) is 5.16 Å². The van der Waals surface area contributed by atoms with Crippen molar-refractivity contribution in [1.82, 2.24) is 0 Å². The van der Waals surface area contributed by atoms with Gasteiger partial charge in [0.2, 0.25) is 0 Å². The number of nitrogens with zero attached hydrogens (tertiary/aromatic N) is 1. The highest BCUT2D eigenvalue weighted by Crippen LogP contribution is 2.25. The molecule has 0 aliphatic carbocycles. The smallest absolute Gasteiger partial charge is 0.261 e. The van der Waals surface area contributed by atoms with Crippen LogP contribution in [0.4, 0.5) is 5.69 Å². The van der Waals surface area contributed by atoms with Gasteiger partial charge in [0.15, 0.2) is 0 Å². The van der Waals surface area contributed by atoms with Crippen LogP contribution in [0.2, 0.25) is 0 Å². The molecule has 0 aromatic heterocycles. The first-order valence-corrected chi connectivity index (χ1v) is 11.5. The largest absolute Gasteiger partial charge is 0.493 e. The van der Waals surface area contributed by atoms with E-state index in [0.29, 0.717) is 24.7 Å². The van der Waals surface area contributed by atoms with Gasteiger partial charge >= 0.3 is 0 Å². The van der Waals surface area contributed by atoms with Crippen LogP contribution in [0.5, 0.6) is 5.75 Å². The van der Waals surface area contributed by atoms with Gasteiger partial charge in [-0.15, -0.1) is 0 Å². The maximum absolute atomic E-state index is 12.6. The van der Waals surface area contributed by atoms with Gasteiger partial charge in [-0.05, 0) is 48.7 Å². The van der Waals surface area contributed by atoms with Crippen LogP contribution in [0.25, 0.3) is 0 Å². The zero-order chi connectivity index (χ0) is 22.1. The molecule has 0 bridgehead atoms. The van der Waals surface area contributed by atoms with E-state index in [1.807, 2.05) is 50.2 Å². The van der Waals surface area contributed by atoms with E-state index in [1.54, 1.807) is 42.6 Å². The van der Waals surface area contributed by atoms with Gasteiger partial charge in [0.1, 0.15) is 12.4 Å². The summed E-state index contributed by atoms with van der Waals surface area (Å²) in [5, 5.41) is 3.85. The fourth-order valence-corrected chi connectivity index (χ4v) is 3.98. The molecule has 0 radical (unpaired) electrons. The van der Waals surface area contributed by atoms with Crippen molar-refractivity contribution < 1.29 is 18.0 Å². The number of hydrogen-bond donors (Lipinski definition) is 1. The minimum absolute atomic E-state index is 0.218. The molecular weight excluding hydrogens is 412 g/mol. The van der Waals surface area contributed by atoms with Crippen molar-refractivity contribution in [3.05, 3.63) is 89.5 Å². The molecule has 0 saturated heterocycles. The van der Waals surface area contributed by atoms with Gasteiger partial charge in [-0.1, -0.05) is 53.7 Å². The van der Waals surface area contributed by atoms with E-state index >= 15 is 0 Å². The van der Waals surface area contributed by atoms with Crippen LogP contribution in [0.15, 0.2) is 82.8 Å². The molecule has 31 heavy (non-hydrogen) atoms. The first-order chi connectivity index (χ1) is 15.0. The normalized spacial score (nSPS) is 11.4. The van der Waals surface area contributed by atoms with Gasteiger partial charge in [0.05, 0.1) is 23.4 Å². The molecule has 162 valence electrons. The number of hydrogen-bond acceptors (Lipinski definition) is 5. The van der Waals surface area contributed by atoms with Gasteiger partial charge in [-0.3, -0.25) is 4.72 Å². The summed E-state index contributed by atoms with van der Waals surface area (Å²) < 4.78 is 33.7. The average molecular weight is 439 g/mol. The summed E-state index contributed by atoms with van der Waals surface area (Å²) >= 11 is 0. The molecule has 0 unspecified atom stereocenters. The van der Waals surface area contributed by atoms with Crippen LogP contribution >= 0.6 is 0 Å². The first kappa shape index (κ1) is 22.4. The average Bonchev–Trinajstić information content (AvgIpc) is 2.78. The predicted octanol–water partition coefficient (Wildman–Crippen LogP) is 4.79. The molecule has 7 heteroatoms. The minimum atomic E-state index is -3.65. The lowest BCUT2D eigenvalue weighted by Gasteiger charge is -2.13. The van der Waals surface area contributed by atoms with Crippen LogP contribution in [0, 0.1) is 6.92 Å². The molecule has 0 aliphatic heterocycles. The Morgan fingerprint density at radius 3 is 2.45 bits per heavy atom. The minimum Gasteiger partial charge on any atom is -0.493 e. The molecule has 6 nitrogen and oxygen atoms in total. The molecular formula is C24H26N2O4S. The van der Waals surface area contributed by atoms with E-state index in [4.69, 9.17) is 9.57 Å². The first-order valence-electron chi connectivity index (χ1n) is 10.0. The SMILES string of the molecule is CCON=Cc1ccc(CCOc2ccc(C)c(NS(=O)(=O)c3ccccc3)c2)cc1. The summed E-state index contributed by atoms with van der Waals surface area (Å²) in [4.78, 5) is 5.18. The number of benzene rings is 3. The lowest BCUT2D eigenvalue weighted by molar-refractivity contribution is 0.160. The molecule has 0 atom stereocenters. The molecule has 1 N–H and O–H groups in total. The number of nitrogens with one attached hydrogen (secondary N) is 1. The molecule has 0 spiro atoms. The fourth-order valence-electron chi connectivity index (χ4n) is 2.83. The molecule has 0 heterocycles. The second kappa shape index (κ2) is 10.6. The lowest BCUT2D eigenvalue weighted by atomic mass is 10.1. The Kier molecular flexibility index (Phi) is 7.67. The van der Waals surface area contributed by atoms with E-state index in [-0.39, 0.29) is 4.90 Å². The predicted molar refractivity (Wildman–Crippen MR) is 123 cm³/mol. The quantitative estimate of drug-likeness (QED) is 0.365. The molecule has 3 aromatic carbocycles. The van der Waals surface area contributed by atoms with E-state index in [2.05, 4.69) is 9.88 Å². The van der Waals surface area contributed by atoms with E-state index in [0.717, 1.165) is 23.1 Å². The van der Waals surface area contributed by atoms with E-state index < -0.39 is 10.0 Å². The number of anilines is 1. The van der Waals surface area contributed by atoms with Crippen molar-refractivity contribution in [3.63, 3.8) is 0 Å². The third-order valence-electron chi connectivity index (χ3n) is 4.55. The topological polar surface area (TPSA) is 77.0 Å². The fraction of sp³-hybridized carbons (Fsp3) is 0.208. The summed E-state index contributed by atoms with van der Waals surface area (Å²) in [6, 6.07) is 21.7. The van der Waals surface area contributed by atoms with Gasteiger partial charge in [-0.2, -0.15) is 0 Å². The van der Waals surface area contributed by atoms with Gasteiger partial charge in [-0.25, -0.2) is 8.42 Å². The highest BCUT2D eigenvalue weighted by atomic mass is 32.2. The lowest BCUT2D eigenvalue weighted by Crippen LogP contribution is -2.13. The third-order valence-corrected chi connectivity index (χ3v) is 5.93. The highest BCUT2D eigenvalue weighted by Gasteiger charge is 2.15. The zero-order valence-corrected chi connectivity index (χ0v) is 18.4. The Hall–Kier alpha value is -3.32. The number of ether oxygens (including phenoxy) is 1. The Labute approximate surface area is 183 Å². The second-order valence-corrected chi connectivity index (χ2v) is 8.57. The monoisotopic (exact) mass is 438 g/mol. The summed E-state index contributed by atoms with van der Waals surface area (Å²) in [5.41, 5.74) is 3.41. The molecule has 0 fully saturated rings. The Morgan fingerprint density at radius 2 is 1.74 bits per heavy atom. The highest BCUT2D eigenvalue weighted by molar-refractivity contribution is 7.92. The van der Waals surface area contributed by atoms with E-state index in [1.165, 1.54) is 0 Å². The van der Waals surface area contributed by atoms with Crippen molar-refractivity contribution in [3.8, 4) is 5.75 Å². The molecule has 3 aromatic rings. The molecule has 0 amide bonds. The number of oxime groups is 1. The van der Waals surface area contributed by atoms with Crippen LogP contribution in [-0.2, 0) is 21.3 Å². The van der Waals surface area contributed by atoms with Crippen LogP contribution in [-0.4, -0.2) is 27.8 Å². The van der Waals surface area contributed by atoms with Crippen molar-refractivity contribution in [1.29, 1.82) is 0 Å². The van der Waals surface area contributed by atoms with Gasteiger partial charge in [0.25, 0.3) is 10.0 Å². The summed E-state index contributed by atoms with van der Waals surface area (Å²) in [6.45, 7) is 4.75.